The fraction of sp³-hybridized carbons (Fsp3) is 0.267. The van der Waals surface area contributed by atoms with Gasteiger partial charge in [-0.25, -0.2) is 4.98 Å². The number of halogens is 1. The predicted octanol–water partition coefficient (Wildman–Crippen LogP) is 1.94. The number of carbonyl (C=O) groups excluding carboxylic acids is 1. The number of hydrogen-bond donors (Lipinski definition) is 1. The van der Waals surface area contributed by atoms with Gasteiger partial charge in [-0.3, -0.25) is 14.2 Å². The molecule has 110 valence electrons. The zero-order valence-electron chi connectivity index (χ0n) is 11.9. The van der Waals surface area contributed by atoms with Crippen molar-refractivity contribution in [1.29, 1.82) is 0 Å². The Morgan fingerprint density at radius 3 is 2.86 bits per heavy atom. The third-order valence-corrected chi connectivity index (χ3v) is 3.48. The van der Waals surface area contributed by atoms with Gasteiger partial charge in [0.1, 0.15) is 0 Å². The Bertz CT molecular complexity index is 725. The van der Waals surface area contributed by atoms with Crippen LogP contribution < -0.4 is 10.9 Å². The van der Waals surface area contributed by atoms with Gasteiger partial charge in [0.25, 0.3) is 11.5 Å². The van der Waals surface area contributed by atoms with Crippen LogP contribution in [-0.2, 0) is 6.54 Å². The van der Waals surface area contributed by atoms with E-state index in [1.807, 2.05) is 0 Å². The van der Waals surface area contributed by atoms with Crippen LogP contribution in [0.5, 0.6) is 0 Å². The highest BCUT2D eigenvalue weighted by atomic mass is 35.5. The summed E-state index contributed by atoms with van der Waals surface area (Å²) >= 11 is 5.84. The van der Waals surface area contributed by atoms with Gasteiger partial charge in [-0.15, -0.1) is 0 Å². The van der Waals surface area contributed by atoms with E-state index in [1.54, 1.807) is 38.1 Å². The van der Waals surface area contributed by atoms with E-state index in [4.69, 9.17) is 11.6 Å². The van der Waals surface area contributed by atoms with Crippen LogP contribution in [-0.4, -0.2) is 22.0 Å². The molecule has 1 N–H and O–H groups in total. The van der Waals surface area contributed by atoms with Gasteiger partial charge in [0.2, 0.25) is 0 Å². The number of nitrogens with one attached hydrogen (secondary N) is 1. The summed E-state index contributed by atoms with van der Waals surface area (Å²) in [5.41, 5.74) is 1.76. The van der Waals surface area contributed by atoms with Crippen LogP contribution in [0, 0.1) is 13.8 Å². The Morgan fingerprint density at radius 1 is 1.38 bits per heavy atom. The second kappa shape index (κ2) is 6.54. The molecule has 0 bridgehead atoms. The maximum atomic E-state index is 12.0. The molecule has 1 amide bonds. The highest BCUT2D eigenvalue weighted by Gasteiger charge is 2.07. The number of aryl methyl sites for hydroxylation is 1. The van der Waals surface area contributed by atoms with E-state index in [-0.39, 0.29) is 11.5 Å². The lowest BCUT2D eigenvalue weighted by Gasteiger charge is -2.09. The summed E-state index contributed by atoms with van der Waals surface area (Å²) in [4.78, 5) is 28.0. The summed E-state index contributed by atoms with van der Waals surface area (Å²) in [6, 6.07) is 6.71. The van der Waals surface area contributed by atoms with Crippen LogP contribution >= 0.6 is 11.6 Å². The maximum Gasteiger partial charge on any atom is 0.256 e. The van der Waals surface area contributed by atoms with Crippen molar-refractivity contribution in [3.8, 4) is 0 Å². The summed E-state index contributed by atoms with van der Waals surface area (Å²) in [6.07, 6.45) is 1.50. The molecule has 2 rings (SSSR count). The van der Waals surface area contributed by atoms with Crippen LogP contribution in [0.15, 0.2) is 35.4 Å². The standard InChI is InChI=1S/C15H16ClN3O2/c1-10-11(2)18-9-19(15(10)21)7-6-17-14(20)12-4-3-5-13(16)8-12/h3-5,8-9H,6-7H2,1-2H3,(H,17,20). The molecule has 2 aromatic rings. The molecular weight excluding hydrogens is 290 g/mol. The number of nitrogens with zero attached hydrogens (tertiary/aromatic N) is 2. The number of benzene rings is 1. The number of carbonyl (C=O) groups is 1. The maximum absolute atomic E-state index is 12.0. The van der Waals surface area contributed by atoms with Crippen molar-refractivity contribution in [2.75, 3.05) is 6.54 Å². The Labute approximate surface area is 127 Å². The van der Waals surface area contributed by atoms with Crippen molar-refractivity contribution in [1.82, 2.24) is 14.9 Å². The Morgan fingerprint density at radius 2 is 2.14 bits per heavy atom. The van der Waals surface area contributed by atoms with Gasteiger partial charge in [0, 0.05) is 34.9 Å². The minimum Gasteiger partial charge on any atom is -0.350 e. The molecule has 6 heteroatoms. The molecule has 0 atom stereocenters. The minimum atomic E-state index is -0.220. The zero-order chi connectivity index (χ0) is 15.4. The molecule has 0 fully saturated rings. The van der Waals surface area contributed by atoms with Crippen molar-refractivity contribution in [2.24, 2.45) is 0 Å². The van der Waals surface area contributed by atoms with Crippen molar-refractivity contribution in [2.45, 2.75) is 20.4 Å². The topological polar surface area (TPSA) is 64.0 Å². The largest absolute Gasteiger partial charge is 0.350 e. The van der Waals surface area contributed by atoms with E-state index in [2.05, 4.69) is 10.3 Å². The van der Waals surface area contributed by atoms with E-state index in [1.165, 1.54) is 10.9 Å². The van der Waals surface area contributed by atoms with E-state index >= 15 is 0 Å². The van der Waals surface area contributed by atoms with Gasteiger partial charge in [0.05, 0.1) is 6.33 Å². The quantitative estimate of drug-likeness (QED) is 0.939. The first kappa shape index (κ1) is 15.3. The third-order valence-electron chi connectivity index (χ3n) is 3.24. The monoisotopic (exact) mass is 305 g/mol. The first-order valence-corrected chi connectivity index (χ1v) is 6.93. The number of aromatic nitrogens is 2. The van der Waals surface area contributed by atoms with Crippen LogP contribution in [0.25, 0.3) is 0 Å². The smallest absolute Gasteiger partial charge is 0.256 e. The van der Waals surface area contributed by atoms with Gasteiger partial charge < -0.3 is 5.32 Å². The molecule has 0 saturated carbocycles. The first-order valence-electron chi connectivity index (χ1n) is 6.55. The molecule has 0 aliphatic heterocycles. The lowest BCUT2D eigenvalue weighted by atomic mass is 10.2. The second-order valence-electron chi connectivity index (χ2n) is 4.72. The number of rotatable bonds is 4. The van der Waals surface area contributed by atoms with Gasteiger partial charge in [-0.1, -0.05) is 17.7 Å². The molecular formula is C15H16ClN3O2. The fourth-order valence-corrected chi connectivity index (χ4v) is 2.05. The second-order valence-corrected chi connectivity index (χ2v) is 5.16. The van der Waals surface area contributed by atoms with Gasteiger partial charge >= 0.3 is 0 Å². The molecule has 0 unspecified atom stereocenters. The van der Waals surface area contributed by atoms with E-state index in [9.17, 15) is 9.59 Å². The van der Waals surface area contributed by atoms with Crippen molar-refractivity contribution < 1.29 is 4.79 Å². The summed E-state index contributed by atoms with van der Waals surface area (Å²) in [5.74, 6) is -0.220. The normalized spacial score (nSPS) is 10.4. The van der Waals surface area contributed by atoms with Crippen molar-refractivity contribution in [3.05, 3.63) is 62.8 Å². The third kappa shape index (κ3) is 3.70. The van der Waals surface area contributed by atoms with Crippen molar-refractivity contribution >= 4 is 17.5 Å². The molecule has 0 aliphatic carbocycles. The molecule has 0 radical (unpaired) electrons. The molecule has 1 heterocycles. The minimum absolute atomic E-state index is 0.0838. The molecule has 21 heavy (non-hydrogen) atoms. The lowest BCUT2D eigenvalue weighted by Crippen LogP contribution is -2.32. The molecule has 1 aromatic heterocycles. The predicted molar refractivity (Wildman–Crippen MR) is 81.8 cm³/mol. The van der Waals surface area contributed by atoms with Gasteiger partial charge in [0.15, 0.2) is 0 Å². The van der Waals surface area contributed by atoms with E-state index in [0.717, 1.165) is 5.69 Å². The van der Waals surface area contributed by atoms with Crippen LogP contribution in [0.4, 0.5) is 0 Å². The van der Waals surface area contributed by atoms with Crippen LogP contribution in [0.3, 0.4) is 0 Å². The van der Waals surface area contributed by atoms with E-state index in [0.29, 0.717) is 29.2 Å². The lowest BCUT2D eigenvalue weighted by molar-refractivity contribution is 0.0952. The number of amides is 1. The Balaban J connectivity index is 1.97. The summed E-state index contributed by atoms with van der Waals surface area (Å²) in [5, 5.41) is 3.26. The van der Waals surface area contributed by atoms with Crippen LogP contribution in [0.2, 0.25) is 5.02 Å². The van der Waals surface area contributed by atoms with Crippen molar-refractivity contribution in [3.63, 3.8) is 0 Å². The first-order chi connectivity index (χ1) is 9.99. The average Bonchev–Trinajstić information content (AvgIpc) is 2.47. The highest BCUT2D eigenvalue weighted by Crippen LogP contribution is 2.10. The molecule has 0 saturated heterocycles. The summed E-state index contributed by atoms with van der Waals surface area (Å²) in [6.45, 7) is 4.25. The molecule has 5 nitrogen and oxygen atoms in total. The Hall–Kier alpha value is -2.14. The summed E-state index contributed by atoms with van der Waals surface area (Å²) in [7, 11) is 0. The van der Waals surface area contributed by atoms with E-state index < -0.39 is 0 Å². The van der Waals surface area contributed by atoms with Crippen LogP contribution in [0.1, 0.15) is 21.6 Å². The van der Waals surface area contributed by atoms with Gasteiger partial charge in [-0.2, -0.15) is 0 Å². The summed E-state index contributed by atoms with van der Waals surface area (Å²) < 4.78 is 1.49. The average molecular weight is 306 g/mol. The zero-order valence-corrected chi connectivity index (χ0v) is 12.6. The molecule has 1 aromatic carbocycles. The molecule has 0 spiro atoms. The fourth-order valence-electron chi connectivity index (χ4n) is 1.86. The van der Waals surface area contributed by atoms with Gasteiger partial charge in [-0.05, 0) is 32.0 Å². The SMILES string of the molecule is Cc1ncn(CCNC(=O)c2cccc(Cl)c2)c(=O)c1C. The Kier molecular flexibility index (Phi) is 4.75. The molecule has 0 aliphatic rings. The number of hydrogen-bond acceptors (Lipinski definition) is 3. The highest BCUT2D eigenvalue weighted by molar-refractivity contribution is 6.30.